The lowest BCUT2D eigenvalue weighted by atomic mass is 10.2. The molecule has 3 aromatic rings. The molecule has 2 aromatic heterocycles. The predicted molar refractivity (Wildman–Crippen MR) is 86.8 cm³/mol. The molecule has 3 nitrogen and oxygen atoms in total. The average molecular weight is 300 g/mol. The first kappa shape index (κ1) is 14.1. The second-order valence-electron chi connectivity index (χ2n) is 5.43. The number of aryl methyl sites for hydroxylation is 2. The standard InChI is InChI=1S/C17H18ClN3/c1-11-7-8-16-15(9-11)20-17(13(3)18)21(16)10-14-6-4-5-12(2)19-14/h4-9,13H,10H2,1-3H3. The van der Waals surface area contributed by atoms with Crippen LogP contribution in [0.15, 0.2) is 36.4 Å². The van der Waals surface area contributed by atoms with Gasteiger partial charge >= 0.3 is 0 Å². The first-order valence-electron chi connectivity index (χ1n) is 7.08. The summed E-state index contributed by atoms with van der Waals surface area (Å²) < 4.78 is 2.16. The second kappa shape index (κ2) is 5.49. The number of hydrogen-bond acceptors (Lipinski definition) is 2. The predicted octanol–water partition coefficient (Wildman–Crippen LogP) is 4.40. The zero-order valence-corrected chi connectivity index (χ0v) is 13.2. The summed E-state index contributed by atoms with van der Waals surface area (Å²) in [5.41, 5.74) is 5.34. The molecule has 0 aliphatic carbocycles. The van der Waals surface area contributed by atoms with E-state index in [4.69, 9.17) is 16.6 Å². The van der Waals surface area contributed by atoms with Gasteiger partial charge in [-0.15, -0.1) is 11.6 Å². The van der Waals surface area contributed by atoms with Crippen molar-refractivity contribution < 1.29 is 0 Å². The van der Waals surface area contributed by atoms with Crippen LogP contribution < -0.4 is 0 Å². The Morgan fingerprint density at radius 1 is 1.14 bits per heavy atom. The van der Waals surface area contributed by atoms with Crippen molar-refractivity contribution in [2.45, 2.75) is 32.7 Å². The van der Waals surface area contributed by atoms with Crippen LogP contribution in [-0.2, 0) is 6.54 Å². The molecule has 0 saturated carbocycles. The molecule has 3 rings (SSSR count). The molecule has 0 aliphatic rings. The molecule has 1 atom stereocenters. The van der Waals surface area contributed by atoms with Gasteiger partial charge in [-0.1, -0.05) is 12.1 Å². The van der Waals surface area contributed by atoms with Gasteiger partial charge in [0.1, 0.15) is 5.82 Å². The number of aromatic nitrogens is 3. The highest BCUT2D eigenvalue weighted by Gasteiger charge is 2.15. The summed E-state index contributed by atoms with van der Waals surface area (Å²) in [4.78, 5) is 9.28. The van der Waals surface area contributed by atoms with Crippen LogP contribution in [0.5, 0.6) is 0 Å². The van der Waals surface area contributed by atoms with Gasteiger partial charge in [-0.05, 0) is 50.6 Å². The van der Waals surface area contributed by atoms with Crippen LogP contribution >= 0.6 is 11.6 Å². The quantitative estimate of drug-likeness (QED) is 0.671. The van der Waals surface area contributed by atoms with Crippen LogP contribution in [0.4, 0.5) is 0 Å². The summed E-state index contributed by atoms with van der Waals surface area (Å²) in [5.74, 6) is 0.889. The minimum atomic E-state index is -0.137. The van der Waals surface area contributed by atoms with Crippen LogP contribution in [0.3, 0.4) is 0 Å². The lowest BCUT2D eigenvalue weighted by Crippen LogP contribution is -2.07. The van der Waals surface area contributed by atoms with Crippen molar-refractivity contribution in [3.63, 3.8) is 0 Å². The van der Waals surface area contributed by atoms with Crippen LogP contribution in [0.25, 0.3) is 11.0 Å². The van der Waals surface area contributed by atoms with Crippen molar-refractivity contribution in [1.29, 1.82) is 0 Å². The van der Waals surface area contributed by atoms with E-state index in [1.165, 1.54) is 5.56 Å². The minimum absolute atomic E-state index is 0.137. The molecule has 1 aromatic carbocycles. The van der Waals surface area contributed by atoms with Crippen LogP contribution in [0, 0.1) is 13.8 Å². The van der Waals surface area contributed by atoms with E-state index in [-0.39, 0.29) is 5.38 Å². The van der Waals surface area contributed by atoms with E-state index >= 15 is 0 Å². The monoisotopic (exact) mass is 299 g/mol. The number of pyridine rings is 1. The van der Waals surface area contributed by atoms with E-state index in [9.17, 15) is 0 Å². The lowest BCUT2D eigenvalue weighted by molar-refractivity contribution is 0.725. The van der Waals surface area contributed by atoms with E-state index in [1.54, 1.807) is 0 Å². The highest BCUT2D eigenvalue weighted by atomic mass is 35.5. The second-order valence-corrected chi connectivity index (χ2v) is 6.09. The number of nitrogens with zero attached hydrogens (tertiary/aromatic N) is 3. The molecule has 0 amide bonds. The maximum absolute atomic E-state index is 6.31. The number of alkyl halides is 1. The Hall–Kier alpha value is -1.87. The number of benzene rings is 1. The van der Waals surface area contributed by atoms with Gasteiger partial charge in [-0.3, -0.25) is 4.98 Å². The van der Waals surface area contributed by atoms with E-state index < -0.39 is 0 Å². The highest BCUT2D eigenvalue weighted by molar-refractivity contribution is 6.20. The Balaban J connectivity index is 2.13. The van der Waals surface area contributed by atoms with E-state index in [0.717, 1.165) is 28.2 Å². The fourth-order valence-electron chi connectivity index (χ4n) is 2.58. The maximum atomic E-state index is 6.31. The fraction of sp³-hybridized carbons (Fsp3) is 0.294. The number of fused-ring (bicyclic) bond motifs is 1. The van der Waals surface area contributed by atoms with Gasteiger partial charge < -0.3 is 4.57 Å². The fourth-order valence-corrected chi connectivity index (χ4v) is 2.74. The number of hydrogen-bond donors (Lipinski definition) is 0. The summed E-state index contributed by atoms with van der Waals surface area (Å²) in [7, 11) is 0. The zero-order chi connectivity index (χ0) is 15.0. The van der Waals surface area contributed by atoms with E-state index in [0.29, 0.717) is 6.54 Å². The molecule has 2 heterocycles. The SMILES string of the molecule is Cc1ccc2c(c1)nc(C(C)Cl)n2Cc1cccc(C)n1. The van der Waals surface area contributed by atoms with Crippen molar-refractivity contribution in [1.82, 2.24) is 14.5 Å². The summed E-state index contributed by atoms with van der Waals surface area (Å²) in [5, 5.41) is -0.137. The largest absolute Gasteiger partial charge is 0.321 e. The molecule has 4 heteroatoms. The number of imidazole rings is 1. The Morgan fingerprint density at radius 2 is 1.95 bits per heavy atom. The Morgan fingerprint density at radius 3 is 2.67 bits per heavy atom. The van der Waals surface area contributed by atoms with Crippen molar-refractivity contribution in [2.24, 2.45) is 0 Å². The van der Waals surface area contributed by atoms with Crippen LogP contribution in [-0.4, -0.2) is 14.5 Å². The van der Waals surface area contributed by atoms with Gasteiger partial charge in [0.2, 0.25) is 0 Å². The third-order valence-electron chi connectivity index (χ3n) is 3.56. The Bertz CT molecular complexity index is 790. The van der Waals surface area contributed by atoms with Crippen molar-refractivity contribution >= 4 is 22.6 Å². The first-order valence-corrected chi connectivity index (χ1v) is 7.51. The zero-order valence-electron chi connectivity index (χ0n) is 12.5. The Labute approximate surface area is 129 Å². The molecule has 0 bridgehead atoms. The third-order valence-corrected chi connectivity index (χ3v) is 3.75. The van der Waals surface area contributed by atoms with Gasteiger partial charge in [-0.2, -0.15) is 0 Å². The molecule has 0 saturated heterocycles. The summed E-state index contributed by atoms with van der Waals surface area (Å²) in [6.45, 7) is 6.72. The molecule has 0 fully saturated rings. The maximum Gasteiger partial charge on any atom is 0.128 e. The molecule has 0 spiro atoms. The Kier molecular flexibility index (Phi) is 3.68. The summed E-state index contributed by atoms with van der Waals surface area (Å²) >= 11 is 6.31. The van der Waals surface area contributed by atoms with Gasteiger partial charge in [0.05, 0.1) is 28.6 Å². The van der Waals surface area contributed by atoms with Crippen LogP contribution in [0.2, 0.25) is 0 Å². The third kappa shape index (κ3) is 2.79. The summed E-state index contributed by atoms with van der Waals surface area (Å²) in [6.07, 6.45) is 0. The van der Waals surface area contributed by atoms with Gasteiger partial charge in [0, 0.05) is 5.69 Å². The van der Waals surface area contributed by atoms with E-state index in [1.807, 2.05) is 32.0 Å². The smallest absolute Gasteiger partial charge is 0.128 e. The normalized spacial score (nSPS) is 12.8. The molecular formula is C17H18ClN3. The van der Waals surface area contributed by atoms with E-state index in [2.05, 4.69) is 34.7 Å². The van der Waals surface area contributed by atoms with Crippen molar-refractivity contribution in [3.05, 3.63) is 59.2 Å². The summed E-state index contributed by atoms with van der Waals surface area (Å²) in [6, 6.07) is 12.4. The van der Waals surface area contributed by atoms with Crippen molar-refractivity contribution in [2.75, 3.05) is 0 Å². The molecule has 0 radical (unpaired) electrons. The minimum Gasteiger partial charge on any atom is -0.321 e. The number of rotatable bonds is 3. The van der Waals surface area contributed by atoms with Gasteiger partial charge in [0.25, 0.3) is 0 Å². The molecule has 1 unspecified atom stereocenters. The first-order chi connectivity index (χ1) is 10.0. The van der Waals surface area contributed by atoms with Crippen molar-refractivity contribution in [3.8, 4) is 0 Å². The molecule has 108 valence electrons. The van der Waals surface area contributed by atoms with Gasteiger partial charge in [0.15, 0.2) is 0 Å². The van der Waals surface area contributed by atoms with Gasteiger partial charge in [-0.25, -0.2) is 4.98 Å². The number of halogens is 1. The van der Waals surface area contributed by atoms with Crippen LogP contribution in [0.1, 0.15) is 35.1 Å². The molecular weight excluding hydrogens is 282 g/mol. The molecule has 0 N–H and O–H groups in total. The average Bonchev–Trinajstić information content (AvgIpc) is 2.77. The molecule has 0 aliphatic heterocycles. The topological polar surface area (TPSA) is 30.7 Å². The molecule has 21 heavy (non-hydrogen) atoms. The lowest BCUT2D eigenvalue weighted by Gasteiger charge is -2.10. The highest BCUT2D eigenvalue weighted by Crippen LogP contribution is 2.26.